The molecule has 1 aliphatic carbocycles. The Bertz CT molecular complexity index is 599. The summed E-state index contributed by atoms with van der Waals surface area (Å²) in [7, 11) is 0. The van der Waals surface area contributed by atoms with Gasteiger partial charge in [-0.2, -0.15) is 4.98 Å². The zero-order valence-corrected chi connectivity index (χ0v) is 10.2. The minimum atomic E-state index is -0.707. The lowest BCUT2D eigenvalue weighted by molar-refractivity contribution is 0.345. The minimum absolute atomic E-state index is 0.0462. The van der Waals surface area contributed by atoms with Gasteiger partial charge in [-0.15, -0.1) is 0 Å². The third-order valence-corrected chi connectivity index (χ3v) is 3.53. The van der Waals surface area contributed by atoms with Gasteiger partial charge in [-0.3, -0.25) is 0 Å². The van der Waals surface area contributed by atoms with E-state index in [1.807, 2.05) is 0 Å². The number of rotatable bonds is 2. The van der Waals surface area contributed by atoms with Crippen molar-refractivity contribution in [3.63, 3.8) is 0 Å². The van der Waals surface area contributed by atoms with Crippen molar-refractivity contribution in [1.82, 2.24) is 10.1 Å². The van der Waals surface area contributed by atoms with E-state index in [1.54, 1.807) is 6.07 Å². The number of nitrogens with two attached hydrogens (primary N) is 1. The molecule has 0 saturated heterocycles. The number of phenolic OH excluding ortho intramolecular Hbond substituents is 1. The smallest absolute Gasteiger partial charge is 0.231 e. The van der Waals surface area contributed by atoms with E-state index in [9.17, 15) is 4.39 Å². The number of nitrogens with zero attached hydrogens (tertiary/aromatic N) is 2. The molecule has 0 spiro atoms. The molecule has 3 rings (SSSR count). The standard InChI is InChI=1S/C13H14FN3O2/c14-9-6-7(4-5-11(9)18)12-16-13(19-17-12)8-2-1-3-10(8)15/h4-6,8,10,18H,1-3,15H2. The molecule has 1 heterocycles. The predicted octanol–water partition coefficient (Wildman–Crippen LogP) is 2.18. The maximum Gasteiger partial charge on any atom is 0.231 e. The fourth-order valence-corrected chi connectivity index (χ4v) is 2.44. The minimum Gasteiger partial charge on any atom is -0.505 e. The van der Waals surface area contributed by atoms with Crippen molar-refractivity contribution in [3.8, 4) is 17.1 Å². The molecule has 1 saturated carbocycles. The number of halogens is 1. The summed E-state index contributed by atoms with van der Waals surface area (Å²) in [4.78, 5) is 4.28. The number of aromatic hydroxyl groups is 1. The van der Waals surface area contributed by atoms with E-state index in [-0.39, 0.29) is 12.0 Å². The van der Waals surface area contributed by atoms with Crippen molar-refractivity contribution >= 4 is 0 Å². The Morgan fingerprint density at radius 3 is 2.89 bits per heavy atom. The molecule has 1 aromatic heterocycles. The Kier molecular flexibility index (Phi) is 2.94. The Balaban J connectivity index is 1.90. The summed E-state index contributed by atoms with van der Waals surface area (Å²) in [5.41, 5.74) is 6.45. The highest BCUT2D eigenvalue weighted by molar-refractivity contribution is 5.55. The van der Waals surface area contributed by atoms with Crippen molar-refractivity contribution in [2.45, 2.75) is 31.2 Å². The highest BCUT2D eigenvalue weighted by Gasteiger charge is 2.30. The van der Waals surface area contributed by atoms with Crippen molar-refractivity contribution in [3.05, 3.63) is 29.9 Å². The molecule has 2 atom stereocenters. The average molecular weight is 263 g/mol. The average Bonchev–Trinajstić information content (AvgIpc) is 3.01. The predicted molar refractivity (Wildman–Crippen MR) is 65.9 cm³/mol. The zero-order chi connectivity index (χ0) is 13.4. The van der Waals surface area contributed by atoms with E-state index >= 15 is 0 Å². The lowest BCUT2D eigenvalue weighted by Gasteiger charge is -2.08. The van der Waals surface area contributed by atoms with E-state index in [2.05, 4.69) is 10.1 Å². The highest BCUT2D eigenvalue weighted by Crippen LogP contribution is 2.33. The maximum atomic E-state index is 13.3. The van der Waals surface area contributed by atoms with Crippen LogP contribution >= 0.6 is 0 Å². The van der Waals surface area contributed by atoms with Crippen LogP contribution in [0.15, 0.2) is 22.7 Å². The Hall–Kier alpha value is -1.95. The van der Waals surface area contributed by atoms with E-state index in [1.165, 1.54) is 12.1 Å². The van der Waals surface area contributed by atoms with Crippen LogP contribution in [0.25, 0.3) is 11.4 Å². The van der Waals surface area contributed by atoms with Crippen molar-refractivity contribution in [2.75, 3.05) is 0 Å². The first-order valence-corrected chi connectivity index (χ1v) is 6.23. The third-order valence-electron chi connectivity index (χ3n) is 3.53. The van der Waals surface area contributed by atoms with E-state index < -0.39 is 11.6 Å². The largest absolute Gasteiger partial charge is 0.505 e. The molecule has 0 amide bonds. The number of benzene rings is 1. The summed E-state index contributed by atoms with van der Waals surface area (Å²) >= 11 is 0. The van der Waals surface area contributed by atoms with Crippen LogP contribution in [0, 0.1) is 5.82 Å². The third kappa shape index (κ3) is 2.19. The number of phenols is 1. The van der Waals surface area contributed by atoms with Gasteiger partial charge in [0, 0.05) is 11.6 Å². The SMILES string of the molecule is NC1CCCC1c1nc(-c2ccc(O)c(F)c2)no1. The van der Waals surface area contributed by atoms with Gasteiger partial charge < -0.3 is 15.4 Å². The molecule has 3 N–H and O–H groups in total. The van der Waals surface area contributed by atoms with Gasteiger partial charge in [0.2, 0.25) is 11.7 Å². The van der Waals surface area contributed by atoms with Gasteiger partial charge in [0.25, 0.3) is 0 Å². The van der Waals surface area contributed by atoms with E-state index in [4.69, 9.17) is 15.4 Å². The fourth-order valence-electron chi connectivity index (χ4n) is 2.44. The first-order chi connectivity index (χ1) is 9.15. The second-order valence-electron chi connectivity index (χ2n) is 4.82. The quantitative estimate of drug-likeness (QED) is 0.867. The fraction of sp³-hybridized carbons (Fsp3) is 0.385. The zero-order valence-electron chi connectivity index (χ0n) is 10.2. The first-order valence-electron chi connectivity index (χ1n) is 6.23. The van der Waals surface area contributed by atoms with Gasteiger partial charge in [0.05, 0.1) is 5.92 Å². The Morgan fingerprint density at radius 2 is 2.21 bits per heavy atom. The molecular formula is C13H14FN3O2. The van der Waals surface area contributed by atoms with Gasteiger partial charge in [-0.05, 0) is 31.0 Å². The second kappa shape index (κ2) is 4.62. The van der Waals surface area contributed by atoms with Crippen LogP contribution in [0.5, 0.6) is 5.75 Å². The van der Waals surface area contributed by atoms with Crippen LogP contribution in [0.4, 0.5) is 4.39 Å². The molecule has 6 heteroatoms. The molecule has 5 nitrogen and oxygen atoms in total. The van der Waals surface area contributed by atoms with Gasteiger partial charge in [-0.1, -0.05) is 11.6 Å². The molecule has 0 aliphatic heterocycles. The van der Waals surface area contributed by atoms with Crippen LogP contribution in [0.3, 0.4) is 0 Å². The van der Waals surface area contributed by atoms with Crippen LogP contribution in [-0.4, -0.2) is 21.3 Å². The van der Waals surface area contributed by atoms with Gasteiger partial charge in [0.15, 0.2) is 11.6 Å². The van der Waals surface area contributed by atoms with Gasteiger partial charge in [0.1, 0.15) is 0 Å². The molecule has 19 heavy (non-hydrogen) atoms. The summed E-state index contributed by atoms with van der Waals surface area (Å²) < 4.78 is 18.5. The number of aromatic nitrogens is 2. The van der Waals surface area contributed by atoms with Gasteiger partial charge in [-0.25, -0.2) is 4.39 Å². The summed E-state index contributed by atoms with van der Waals surface area (Å²) in [6, 6.07) is 4.03. The summed E-state index contributed by atoms with van der Waals surface area (Å²) in [6.07, 6.45) is 2.94. The molecule has 1 aromatic carbocycles. The molecule has 2 aromatic rings. The molecular weight excluding hydrogens is 249 g/mol. The number of hydrogen-bond donors (Lipinski definition) is 2. The lowest BCUT2D eigenvalue weighted by atomic mass is 10.1. The van der Waals surface area contributed by atoms with E-state index in [0.717, 1.165) is 19.3 Å². The Morgan fingerprint density at radius 1 is 1.37 bits per heavy atom. The van der Waals surface area contributed by atoms with Gasteiger partial charge >= 0.3 is 0 Å². The molecule has 100 valence electrons. The molecule has 1 aliphatic rings. The molecule has 1 fully saturated rings. The molecule has 0 bridgehead atoms. The molecule has 0 radical (unpaired) electrons. The van der Waals surface area contributed by atoms with Crippen LogP contribution < -0.4 is 5.73 Å². The van der Waals surface area contributed by atoms with Crippen molar-refractivity contribution in [2.24, 2.45) is 5.73 Å². The van der Waals surface area contributed by atoms with Crippen LogP contribution in [0.1, 0.15) is 31.1 Å². The lowest BCUT2D eigenvalue weighted by Crippen LogP contribution is -2.22. The normalized spacial score (nSPS) is 22.8. The summed E-state index contributed by atoms with van der Waals surface area (Å²) in [5, 5.41) is 13.0. The first kappa shape index (κ1) is 12.1. The van der Waals surface area contributed by atoms with E-state index in [0.29, 0.717) is 17.3 Å². The van der Waals surface area contributed by atoms with Crippen LogP contribution in [0.2, 0.25) is 0 Å². The molecule has 2 unspecified atom stereocenters. The maximum absolute atomic E-state index is 13.3. The second-order valence-corrected chi connectivity index (χ2v) is 4.82. The number of hydrogen-bond acceptors (Lipinski definition) is 5. The van der Waals surface area contributed by atoms with Crippen molar-refractivity contribution in [1.29, 1.82) is 0 Å². The summed E-state index contributed by atoms with van der Waals surface area (Å²) in [5.74, 6) is -0.198. The highest BCUT2D eigenvalue weighted by atomic mass is 19.1. The topological polar surface area (TPSA) is 85.2 Å². The van der Waals surface area contributed by atoms with Crippen LogP contribution in [-0.2, 0) is 0 Å². The Labute approximate surface area is 109 Å². The summed E-state index contributed by atoms with van der Waals surface area (Å²) in [6.45, 7) is 0. The monoisotopic (exact) mass is 263 g/mol. The van der Waals surface area contributed by atoms with Crippen molar-refractivity contribution < 1.29 is 14.0 Å².